The molecule has 0 radical (unpaired) electrons. The fourth-order valence-corrected chi connectivity index (χ4v) is 3.14. The van der Waals surface area contributed by atoms with Crippen molar-refractivity contribution in [2.75, 3.05) is 7.11 Å². The maximum absolute atomic E-state index is 12.8. The highest BCUT2D eigenvalue weighted by Gasteiger charge is 2.14. The van der Waals surface area contributed by atoms with E-state index in [2.05, 4.69) is 30.3 Å². The molecule has 0 fully saturated rings. The van der Waals surface area contributed by atoms with Gasteiger partial charge in [0.05, 0.1) is 7.11 Å². The molecule has 0 aliphatic carbocycles. The van der Waals surface area contributed by atoms with Crippen molar-refractivity contribution < 1.29 is 9.53 Å². The highest BCUT2D eigenvalue weighted by Crippen LogP contribution is 2.22. The van der Waals surface area contributed by atoms with Crippen LogP contribution in [0.4, 0.5) is 0 Å². The number of amides is 1. The number of ether oxygens (including phenoxy) is 1. The lowest BCUT2D eigenvalue weighted by Gasteiger charge is -2.23. The minimum Gasteiger partial charge on any atom is -0.497 e. The Kier molecular flexibility index (Phi) is 5.92. The largest absolute Gasteiger partial charge is 0.497 e. The van der Waals surface area contributed by atoms with Crippen LogP contribution in [0, 0.1) is 0 Å². The first-order valence-electron chi connectivity index (χ1n) is 9.10. The van der Waals surface area contributed by atoms with Gasteiger partial charge in [0.2, 0.25) is 5.91 Å². The van der Waals surface area contributed by atoms with Gasteiger partial charge < -0.3 is 9.64 Å². The van der Waals surface area contributed by atoms with Crippen LogP contribution in [0.1, 0.15) is 25.0 Å². The van der Waals surface area contributed by atoms with Crippen LogP contribution >= 0.6 is 0 Å². The van der Waals surface area contributed by atoms with Crippen LogP contribution in [-0.2, 0) is 17.9 Å². The summed E-state index contributed by atoms with van der Waals surface area (Å²) in [6.07, 6.45) is 1.70. The molecule has 0 heterocycles. The molecule has 0 N–H and O–H groups in total. The van der Waals surface area contributed by atoms with Gasteiger partial charge >= 0.3 is 0 Å². The summed E-state index contributed by atoms with van der Waals surface area (Å²) in [6, 6.07) is 22.4. The third kappa shape index (κ3) is 4.76. The first kappa shape index (κ1) is 18.7. The lowest BCUT2D eigenvalue weighted by atomic mass is 10.0. The summed E-state index contributed by atoms with van der Waals surface area (Å²) in [5.74, 6) is 0.841. The van der Waals surface area contributed by atoms with Gasteiger partial charge in [0.25, 0.3) is 0 Å². The second-order valence-electron chi connectivity index (χ2n) is 6.90. The molecule has 0 saturated heterocycles. The van der Waals surface area contributed by atoms with Gasteiger partial charge in [0, 0.05) is 19.2 Å². The Morgan fingerprint density at radius 2 is 1.63 bits per heavy atom. The molecular formula is C24H25NO2. The number of carbonyl (C=O) groups is 1. The predicted molar refractivity (Wildman–Crippen MR) is 111 cm³/mol. The fourth-order valence-electron chi connectivity index (χ4n) is 3.14. The van der Waals surface area contributed by atoms with E-state index < -0.39 is 0 Å². The summed E-state index contributed by atoms with van der Waals surface area (Å²) in [6.45, 7) is 5.01. The molecule has 0 unspecified atom stereocenters. The SMILES string of the molecule is COc1ccc(CN(Cc2cccc3ccccc23)C(=O)C=C(C)C)cc1. The van der Waals surface area contributed by atoms with E-state index in [4.69, 9.17) is 4.74 Å². The van der Waals surface area contributed by atoms with Crippen molar-refractivity contribution in [1.82, 2.24) is 4.90 Å². The van der Waals surface area contributed by atoms with E-state index in [1.54, 1.807) is 13.2 Å². The van der Waals surface area contributed by atoms with Gasteiger partial charge in [-0.1, -0.05) is 60.2 Å². The third-order valence-corrected chi connectivity index (χ3v) is 4.50. The van der Waals surface area contributed by atoms with Crippen LogP contribution in [-0.4, -0.2) is 17.9 Å². The van der Waals surface area contributed by atoms with E-state index in [9.17, 15) is 4.79 Å². The number of methoxy groups -OCH3 is 1. The number of carbonyl (C=O) groups excluding carboxylic acids is 1. The van der Waals surface area contributed by atoms with Gasteiger partial charge in [-0.25, -0.2) is 0 Å². The molecule has 3 aromatic carbocycles. The van der Waals surface area contributed by atoms with Gasteiger partial charge in [-0.3, -0.25) is 4.79 Å². The number of benzene rings is 3. The lowest BCUT2D eigenvalue weighted by molar-refractivity contribution is -0.127. The topological polar surface area (TPSA) is 29.5 Å². The first-order chi connectivity index (χ1) is 13.1. The molecule has 0 bridgehead atoms. The van der Waals surface area contributed by atoms with Crippen LogP contribution < -0.4 is 4.74 Å². The summed E-state index contributed by atoms with van der Waals surface area (Å²) < 4.78 is 5.23. The summed E-state index contributed by atoms with van der Waals surface area (Å²) in [5.41, 5.74) is 3.22. The van der Waals surface area contributed by atoms with Crippen LogP contribution in [0.2, 0.25) is 0 Å². The van der Waals surface area contributed by atoms with E-state index >= 15 is 0 Å². The molecule has 3 rings (SSSR count). The van der Waals surface area contributed by atoms with Crippen LogP contribution in [0.3, 0.4) is 0 Å². The number of nitrogens with zero attached hydrogens (tertiary/aromatic N) is 1. The summed E-state index contributed by atoms with van der Waals surface area (Å²) in [4.78, 5) is 14.7. The molecule has 3 nitrogen and oxygen atoms in total. The first-order valence-corrected chi connectivity index (χ1v) is 9.10. The van der Waals surface area contributed by atoms with Crippen LogP contribution in [0.25, 0.3) is 10.8 Å². The van der Waals surface area contributed by atoms with Gasteiger partial charge in [0.15, 0.2) is 0 Å². The van der Waals surface area contributed by atoms with Crippen molar-refractivity contribution in [3.8, 4) is 5.75 Å². The van der Waals surface area contributed by atoms with E-state index in [0.29, 0.717) is 13.1 Å². The minimum absolute atomic E-state index is 0.0266. The zero-order valence-electron chi connectivity index (χ0n) is 16.1. The van der Waals surface area contributed by atoms with Gasteiger partial charge in [-0.2, -0.15) is 0 Å². The van der Waals surface area contributed by atoms with Crippen molar-refractivity contribution in [2.45, 2.75) is 26.9 Å². The summed E-state index contributed by atoms with van der Waals surface area (Å²) in [5, 5.41) is 2.37. The second kappa shape index (κ2) is 8.54. The molecule has 0 aliphatic rings. The van der Waals surface area contributed by atoms with Crippen molar-refractivity contribution in [2.24, 2.45) is 0 Å². The summed E-state index contributed by atoms with van der Waals surface area (Å²) >= 11 is 0. The van der Waals surface area contributed by atoms with Gasteiger partial charge in [0.1, 0.15) is 5.75 Å². The molecule has 3 aromatic rings. The number of fused-ring (bicyclic) bond motifs is 1. The fraction of sp³-hybridized carbons (Fsp3) is 0.208. The highest BCUT2D eigenvalue weighted by atomic mass is 16.5. The molecule has 0 saturated carbocycles. The standard InChI is InChI=1S/C24H25NO2/c1-18(2)15-24(26)25(16-19-11-13-22(27-3)14-12-19)17-21-9-6-8-20-7-4-5-10-23(20)21/h4-15H,16-17H2,1-3H3. The Bertz CT molecular complexity index is 948. The van der Waals surface area contributed by atoms with E-state index in [1.165, 1.54) is 10.8 Å². The maximum atomic E-state index is 12.8. The Labute approximate surface area is 160 Å². The van der Waals surface area contributed by atoms with Crippen molar-refractivity contribution in [1.29, 1.82) is 0 Å². The smallest absolute Gasteiger partial charge is 0.247 e. The predicted octanol–water partition coefficient (Wildman–Crippen LogP) is 5.34. The van der Waals surface area contributed by atoms with Crippen molar-refractivity contribution in [3.05, 3.63) is 89.5 Å². The number of allylic oxidation sites excluding steroid dienone is 1. The quantitative estimate of drug-likeness (QED) is 0.556. The minimum atomic E-state index is 0.0266. The molecular weight excluding hydrogens is 334 g/mol. The second-order valence-corrected chi connectivity index (χ2v) is 6.90. The average molecular weight is 359 g/mol. The Hall–Kier alpha value is -3.07. The highest BCUT2D eigenvalue weighted by molar-refractivity contribution is 5.89. The molecule has 0 aliphatic heterocycles. The van der Waals surface area contributed by atoms with Gasteiger partial charge in [-0.05, 0) is 47.9 Å². The van der Waals surface area contributed by atoms with Crippen LogP contribution in [0.15, 0.2) is 78.4 Å². The van der Waals surface area contributed by atoms with Crippen molar-refractivity contribution in [3.63, 3.8) is 0 Å². The average Bonchev–Trinajstić information content (AvgIpc) is 2.67. The Morgan fingerprint density at radius 3 is 2.33 bits per heavy atom. The monoisotopic (exact) mass is 359 g/mol. The Morgan fingerprint density at radius 1 is 0.926 bits per heavy atom. The van der Waals surface area contributed by atoms with E-state index in [0.717, 1.165) is 22.4 Å². The van der Waals surface area contributed by atoms with E-state index in [-0.39, 0.29) is 5.91 Å². The number of rotatable bonds is 6. The zero-order valence-corrected chi connectivity index (χ0v) is 16.1. The normalized spacial score (nSPS) is 10.5. The molecule has 3 heteroatoms. The molecule has 1 amide bonds. The van der Waals surface area contributed by atoms with E-state index in [1.807, 2.05) is 55.1 Å². The Balaban J connectivity index is 1.91. The lowest BCUT2D eigenvalue weighted by Crippen LogP contribution is -2.28. The third-order valence-electron chi connectivity index (χ3n) is 4.50. The molecule has 0 spiro atoms. The molecule has 138 valence electrons. The number of hydrogen-bond acceptors (Lipinski definition) is 2. The molecule has 0 atom stereocenters. The van der Waals surface area contributed by atoms with Gasteiger partial charge in [-0.15, -0.1) is 0 Å². The molecule has 27 heavy (non-hydrogen) atoms. The zero-order chi connectivity index (χ0) is 19.2. The van der Waals surface area contributed by atoms with Crippen LogP contribution in [0.5, 0.6) is 5.75 Å². The molecule has 0 aromatic heterocycles. The maximum Gasteiger partial charge on any atom is 0.247 e. The van der Waals surface area contributed by atoms with Crippen molar-refractivity contribution >= 4 is 16.7 Å². The number of hydrogen-bond donors (Lipinski definition) is 0. The summed E-state index contributed by atoms with van der Waals surface area (Å²) in [7, 11) is 1.65.